The average Bonchev–Trinajstić information content (AvgIpc) is 2.88. The van der Waals surface area contributed by atoms with Gasteiger partial charge in [0.2, 0.25) is 5.91 Å². The standard InChI is InChI=1S/C19H21FN2O3S/c1-5-14-17(23)22-16(12-7-6-8-13(20)9-12)15(18(24)25-10(2)3)11(4)21-19(22)26-14/h6-10,14,16H,5H2,1-4H3. The van der Waals surface area contributed by atoms with Gasteiger partial charge in [-0.25, -0.2) is 14.2 Å². The molecule has 1 saturated heterocycles. The maximum absolute atomic E-state index is 13.9. The number of amidine groups is 1. The van der Waals surface area contributed by atoms with Crippen LogP contribution in [0.2, 0.25) is 0 Å². The van der Waals surface area contributed by atoms with Gasteiger partial charge < -0.3 is 4.74 Å². The van der Waals surface area contributed by atoms with Crippen molar-refractivity contribution in [2.45, 2.75) is 51.5 Å². The Morgan fingerprint density at radius 1 is 1.42 bits per heavy atom. The summed E-state index contributed by atoms with van der Waals surface area (Å²) in [5, 5.41) is 0.299. The van der Waals surface area contributed by atoms with Gasteiger partial charge in [0.15, 0.2) is 5.17 Å². The number of carbonyl (C=O) groups is 2. The van der Waals surface area contributed by atoms with Crippen LogP contribution in [0.25, 0.3) is 0 Å². The number of rotatable bonds is 4. The summed E-state index contributed by atoms with van der Waals surface area (Å²) in [5.41, 5.74) is 1.30. The van der Waals surface area contributed by atoms with Crippen molar-refractivity contribution in [2.75, 3.05) is 0 Å². The molecule has 2 atom stereocenters. The van der Waals surface area contributed by atoms with Gasteiger partial charge in [-0.3, -0.25) is 9.69 Å². The second-order valence-electron chi connectivity index (χ2n) is 6.53. The molecule has 0 aliphatic carbocycles. The number of fused-ring (bicyclic) bond motifs is 1. The maximum Gasteiger partial charge on any atom is 0.338 e. The molecule has 0 N–H and O–H groups in total. The Morgan fingerprint density at radius 2 is 2.15 bits per heavy atom. The summed E-state index contributed by atoms with van der Waals surface area (Å²) < 4.78 is 19.2. The van der Waals surface area contributed by atoms with Crippen LogP contribution in [0.15, 0.2) is 40.5 Å². The summed E-state index contributed by atoms with van der Waals surface area (Å²) in [4.78, 5) is 31.6. The number of esters is 1. The Morgan fingerprint density at radius 3 is 2.77 bits per heavy atom. The molecule has 0 aromatic heterocycles. The average molecular weight is 376 g/mol. The number of halogens is 1. The second-order valence-corrected chi connectivity index (χ2v) is 7.70. The van der Waals surface area contributed by atoms with Gasteiger partial charge in [-0.1, -0.05) is 30.8 Å². The molecule has 1 aromatic carbocycles. The normalized spacial score (nSPS) is 22.6. The van der Waals surface area contributed by atoms with Gasteiger partial charge in [0.1, 0.15) is 5.82 Å². The van der Waals surface area contributed by atoms with E-state index in [-0.39, 0.29) is 22.8 Å². The lowest BCUT2D eigenvalue weighted by atomic mass is 9.94. The van der Waals surface area contributed by atoms with Crippen LogP contribution < -0.4 is 0 Å². The molecule has 2 heterocycles. The van der Waals surface area contributed by atoms with Gasteiger partial charge in [0.25, 0.3) is 0 Å². The highest BCUT2D eigenvalue weighted by Crippen LogP contribution is 2.44. The van der Waals surface area contributed by atoms with E-state index in [2.05, 4.69) is 4.99 Å². The first-order chi connectivity index (χ1) is 12.3. The lowest BCUT2D eigenvalue weighted by Gasteiger charge is -2.33. The fourth-order valence-electron chi connectivity index (χ4n) is 3.12. The van der Waals surface area contributed by atoms with E-state index in [1.165, 1.54) is 28.8 Å². The SMILES string of the molecule is CCC1SC2=NC(C)=C(C(=O)OC(C)C)C(c3cccc(F)c3)N2C1=O. The van der Waals surface area contributed by atoms with Gasteiger partial charge in [-0.15, -0.1) is 0 Å². The Kier molecular flexibility index (Phi) is 5.18. The molecule has 2 aliphatic rings. The van der Waals surface area contributed by atoms with E-state index in [9.17, 15) is 14.0 Å². The van der Waals surface area contributed by atoms with E-state index in [1.807, 2.05) is 6.92 Å². The molecule has 2 unspecified atom stereocenters. The number of nitrogens with zero attached hydrogens (tertiary/aromatic N) is 2. The summed E-state index contributed by atoms with van der Waals surface area (Å²) in [6.07, 6.45) is 0.341. The van der Waals surface area contributed by atoms with Crippen molar-refractivity contribution in [3.8, 4) is 0 Å². The lowest BCUT2D eigenvalue weighted by Crippen LogP contribution is -2.41. The molecule has 0 bridgehead atoms. The third kappa shape index (κ3) is 3.28. The number of hydrogen-bond acceptors (Lipinski definition) is 5. The predicted molar refractivity (Wildman–Crippen MR) is 99.0 cm³/mol. The van der Waals surface area contributed by atoms with Gasteiger partial charge in [-0.2, -0.15) is 0 Å². The van der Waals surface area contributed by atoms with E-state index in [1.54, 1.807) is 32.9 Å². The molecule has 7 heteroatoms. The highest BCUT2D eigenvalue weighted by molar-refractivity contribution is 8.15. The number of ether oxygens (including phenoxy) is 1. The Labute approximate surface area is 156 Å². The number of allylic oxidation sites excluding steroid dienone is 1. The lowest BCUT2D eigenvalue weighted by molar-refractivity contribution is -0.143. The van der Waals surface area contributed by atoms with Gasteiger partial charge in [-0.05, 0) is 44.9 Å². The number of amides is 1. The van der Waals surface area contributed by atoms with Crippen LogP contribution in [0, 0.1) is 5.82 Å². The number of carbonyl (C=O) groups excluding carboxylic acids is 2. The number of thioether (sulfide) groups is 1. The first-order valence-corrected chi connectivity index (χ1v) is 9.47. The van der Waals surface area contributed by atoms with E-state index in [0.717, 1.165) is 0 Å². The van der Waals surface area contributed by atoms with Crippen LogP contribution in [-0.4, -0.2) is 33.3 Å². The summed E-state index contributed by atoms with van der Waals surface area (Å²) >= 11 is 1.38. The van der Waals surface area contributed by atoms with E-state index >= 15 is 0 Å². The molecule has 138 valence electrons. The number of benzene rings is 1. The minimum Gasteiger partial charge on any atom is -0.459 e. The first-order valence-electron chi connectivity index (χ1n) is 8.59. The highest BCUT2D eigenvalue weighted by atomic mass is 32.2. The molecule has 3 rings (SSSR count). The molecule has 26 heavy (non-hydrogen) atoms. The molecule has 0 saturated carbocycles. The van der Waals surface area contributed by atoms with Gasteiger partial charge >= 0.3 is 5.97 Å². The van der Waals surface area contributed by atoms with E-state index in [0.29, 0.717) is 22.8 Å². The van der Waals surface area contributed by atoms with Crippen molar-refractivity contribution in [3.05, 3.63) is 46.9 Å². The smallest absolute Gasteiger partial charge is 0.338 e. The first kappa shape index (κ1) is 18.6. The summed E-state index contributed by atoms with van der Waals surface area (Å²) in [6, 6.07) is 5.23. The summed E-state index contributed by atoms with van der Waals surface area (Å²) in [7, 11) is 0. The van der Waals surface area contributed by atoms with Gasteiger partial charge in [0, 0.05) is 0 Å². The minimum absolute atomic E-state index is 0.118. The fourth-order valence-corrected chi connectivity index (χ4v) is 4.25. The molecular weight excluding hydrogens is 355 g/mol. The molecular formula is C19H21FN2O3S. The number of aliphatic imine (C=N–C) groups is 1. The Hall–Kier alpha value is -2.15. The number of hydrogen-bond donors (Lipinski definition) is 0. The van der Waals surface area contributed by atoms with Crippen molar-refractivity contribution in [1.82, 2.24) is 4.90 Å². The topological polar surface area (TPSA) is 59.0 Å². The predicted octanol–water partition coefficient (Wildman–Crippen LogP) is 3.82. The zero-order chi connectivity index (χ0) is 19.0. The van der Waals surface area contributed by atoms with Crippen LogP contribution in [0.5, 0.6) is 0 Å². The van der Waals surface area contributed by atoms with Crippen LogP contribution in [0.1, 0.15) is 45.7 Å². The van der Waals surface area contributed by atoms with E-state index < -0.39 is 17.8 Å². The van der Waals surface area contributed by atoms with Crippen LogP contribution in [-0.2, 0) is 14.3 Å². The van der Waals surface area contributed by atoms with Crippen LogP contribution >= 0.6 is 11.8 Å². The molecule has 1 amide bonds. The van der Waals surface area contributed by atoms with Crippen LogP contribution in [0.4, 0.5) is 4.39 Å². The minimum atomic E-state index is -0.735. The molecule has 0 radical (unpaired) electrons. The second kappa shape index (κ2) is 7.23. The monoisotopic (exact) mass is 376 g/mol. The van der Waals surface area contributed by atoms with Crippen molar-refractivity contribution in [1.29, 1.82) is 0 Å². The molecule has 5 nitrogen and oxygen atoms in total. The highest BCUT2D eigenvalue weighted by Gasteiger charge is 2.47. The molecule has 0 spiro atoms. The summed E-state index contributed by atoms with van der Waals surface area (Å²) in [5.74, 6) is -1.08. The Bertz CT molecular complexity index is 819. The van der Waals surface area contributed by atoms with Gasteiger partial charge in [0.05, 0.1) is 28.7 Å². The van der Waals surface area contributed by atoms with Crippen molar-refractivity contribution >= 4 is 28.8 Å². The zero-order valence-corrected chi connectivity index (χ0v) is 16.0. The summed E-state index contributed by atoms with van der Waals surface area (Å²) in [6.45, 7) is 7.16. The molecule has 1 aromatic rings. The fraction of sp³-hybridized carbons (Fsp3) is 0.421. The zero-order valence-electron chi connectivity index (χ0n) is 15.2. The van der Waals surface area contributed by atoms with Crippen LogP contribution in [0.3, 0.4) is 0 Å². The van der Waals surface area contributed by atoms with Crippen molar-refractivity contribution in [3.63, 3.8) is 0 Å². The Balaban J connectivity index is 2.13. The van der Waals surface area contributed by atoms with E-state index in [4.69, 9.17) is 4.74 Å². The maximum atomic E-state index is 13.9. The largest absolute Gasteiger partial charge is 0.459 e. The molecule has 2 aliphatic heterocycles. The van der Waals surface area contributed by atoms with Crippen molar-refractivity contribution in [2.24, 2.45) is 4.99 Å². The van der Waals surface area contributed by atoms with Crippen molar-refractivity contribution < 1.29 is 18.7 Å². The third-order valence-electron chi connectivity index (χ3n) is 4.25. The third-order valence-corrected chi connectivity index (χ3v) is 5.57. The molecule has 1 fully saturated rings. The quantitative estimate of drug-likeness (QED) is 0.750.